The molecule has 1 aliphatic heterocycles. The molecule has 0 amide bonds. The van der Waals surface area contributed by atoms with Gasteiger partial charge in [0.1, 0.15) is 6.04 Å². The second-order valence-corrected chi connectivity index (χ2v) is 4.00. The Labute approximate surface area is 95.0 Å². The van der Waals surface area contributed by atoms with Gasteiger partial charge in [-0.3, -0.25) is 0 Å². The highest BCUT2D eigenvalue weighted by molar-refractivity contribution is 5.84. The maximum atomic E-state index is 11.5. The third-order valence-corrected chi connectivity index (χ3v) is 3.07. The summed E-state index contributed by atoms with van der Waals surface area (Å²) in [6.45, 7) is 2.66. The topological polar surface area (TPSA) is 55.6 Å². The fraction of sp³-hybridized carbons (Fsp3) is 0.417. The van der Waals surface area contributed by atoms with E-state index in [9.17, 15) is 4.79 Å². The van der Waals surface area contributed by atoms with Crippen molar-refractivity contribution < 1.29 is 9.53 Å². The summed E-state index contributed by atoms with van der Waals surface area (Å²) in [6.07, 6.45) is 0.932. The van der Waals surface area contributed by atoms with Crippen molar-refractivity contribution in [3.05, 3.63) is 23.8 Å². The number of ether oxygens (including phenoxy) is 1. The minimum absolute atomic E-state index is 0.226. The molecule has 1 aliphatic rings. The normalized spacial score (nSPS) is 15.8. The van der Waals surface area contributed by atoms with Crippen LogP contribution in [0.5, 0.6) is 0 Å². The van der Waals surface area contributed by atoms with E-state index in [4.69, 9.17) is 10.5 Å². The first-order valence-corrected chi connectivity index (χ1v) is 5.37. The van der Waals surface area contributed by atoms with Gasteiger partial charge in [0.25, 0.3) is 0 Å². The van der Waals surface area contributed by atoms with Gasteiger partial charge >= 0.3 is 5.97 Å². The molecule has 1 unspecified atom stereocenters. The number of benzene rings is 1. The van der Waals surface area contributed by atoms with Crippen LogP contribution in [0.25, 0.3) is 0 Å². The molecule has 16 heavy (non-hydrogen) atoms. The summed E-state index contributed by atoms with van der Waals surface area (Å²) >= 11 is 0. The molecule has 1 heterocycles. The van der Waals surface area contributed by atoms with Crippen LogP contribution in [0.15, 0.2) is 18.2 Å². The molecule has 0 bridgehead atoms. The number of hydrogen-bond donors (Lipinski definition) is 1. The molecule has 86 valence electrons. The molecule has 0 saturated heterocycles. The third-order valence-electron chi connectivity index (χ3n) is 3.07. The van der Waals surface area contributed by atoms with Crippen LogP contribution in [-0.2, 0) is 16.0 Å². The van der Waals surface area contributed by atoms with Gasteiger partial charge in [-0.2, -0.15) is 0 Å². The smallest absolute Gasteiger partial charge is 0.328 e. The molecule has 0 saturated carbocycles. The van der Waals surface area contributed by atoms with E-state index in [2.05, 4.69) is 6.07 Å². The predicted molar refractivity (Wildman–Crippen MR) is 63.4 cm³/mol. The number of nitrogens with two attached hydrogens (primary N) is 1. The van der Waals surface area contributed by atoms with Gasteiger partial charge in [-0.1, -0.05) is 12.1 Å². The monoisotopic (exact) mass is 220 g/mol. The molecule has 1 aromatic carbocycles. The minimum atomic E-state index is -0.282. The first-order valence-electron chi connectivity index (χ1n) is 5.37. The number of nitrogens with zero attached hydrogens (tertiary/aromatic N) is 1. The molecule has 2 rings (SSSR count). The maximum Gasteiger partial charge on any atom is 0.328 e. The van der Waals surface area contributed by atoms with E-state index in [-0.39, 0.29) is 12.0 Å². The Bertz CT molecular complexity index is 417. The fourth-order valence-electron chi connectivity index (χ4n) is 2.20. The zero-order valence-electron chi connectivity index (χ0n) is 9.56. The maximum absolute atomic E-state index is 11.5. The first kappa shape index (κ1) is 10.8. The predicted octanol–water partition coefficient (Wildman–Crippen LogP) is 1.19. The minimum Gasteiger partial charge on any atom is -0.467 e. The van der Waals surface area contributed by atoms with Crippen molar-refractivity contribution in [3.63, 3.8) is 0 Å². The molecule has 0 spiro atoms. The van der Waals surface area contributed by atoms with Gasteiger partial charge in [-0.05, 0) is 25.0 Å². The second-order valence-electron chi connectivity index (χ2n) is 4.00. The summed E-state index contributed by atoms with van der Waals surface area (Å²) < 4.78 is 4.76. The molecular weight excluding hydrogens is 204 g/mol. The number of esters is 1. The zero-order valence-corrected chi connectivity index (χ0v) is 9.56. The third kappa shape index (κ3) is 1.60. The number of anilines is 2. The molecule has 0 aliphatic carbocycles. The lowest BCUT2D eigenvalue weighted by Crippen LogP contribution is -2.38. The van der Waals surface area contributed by atoms with Crippen molar-refractivity contribution in [3.8, 4) is 0 Å². The van der Waals surface area contributed by atoms with E-state index < -0.39 is 0 Å². The van der Waals surface area contributed by atoms with Crippen molar-refractivity contribution >= 4 is 17.3 Å². The van der Waals surface area contributed by atoms with Crippen LogP contribution >= 0.6 is 0 Å². The lowest BCUT2D eigenvalue weighted by molar-refractivity contribution is -0.141. The molecule has 2 N–H and O–H groups in total. The van der Waals surface area contributed by atoms with Crippen LogP contribution in [0.4, 0.5) is 11.4 Å². The van der Waals surface area contributed by atoms with Gasteiger partial charge in [-0.25, -0.2) is 4.79 Å². The Hall–Kier alpha value is -1.71. The quantitative estimate of drug-likeness (QED) is 0.601. The molecule has 0 fully saturated rings. The van der Waals surface area contributed by atoms with Crippen molar-refractivity contribution in [1.82, 2.24) is 0 Å². The number of fused-ring (bicyclic) bond motifs is 1. The number of para-hydroxylation sites is 1. The van der Waals surface area contributed by atoms with E-state index in [0.717, 1.165) is 24.3 Å². The van der Waals surface area contributed by atoms with Gasteiger partial charge < -0.3 is 15.4 Å². The second kappa shape index (κ2) is 4.04. The van der Waals surface area contributed by atoms with Crippen LogP contribution in [-0.4, -0.2) is 25.7 Å². The van der Waals surface area contributed by atoms with Crippen molar-refractivity contribution in [2.24, 2.45) is 0 Å². The molecule has 4 heteroatoms. The highest BCUT2D eigenvalue weighted by Gasteiger charge is 2.29. The lowest BCUT2D eigenvalue weighted by atomic mass is 10.1. The van der Waals surface area contributed by atoms with E-state index in [1.54, 1.807) is 0 Å². The number of carbonyl (C=O) groups excluding carboxylic acids is 1. The van der Waals surface area contributed by atoms with Gasteiger partial charge in [0.2, 0.25) is 0 Å². The van der Waals surface area contributed by atoms with Crippen molar-refractivity contribution in [2.45, 2.75) is 19.4 Å². The Morgan fingerprint density at radius 2 is 2.31 bits per heavy atom. The summed E-state index contributed by atoms with van der Waals surface area (Å²) in [5.74, 6) is -0.226. The Balaban J connectivity index is 2.33. The molecule has 4 nitrogen and oxygen atoms in total. The zero-order chi connectivity index (χ0) is 11.7. The summed E-state index contributed by atoms with van der Waals surface area (Å²) in [7, 11) is 1.41. The van der Waals surface area contributed by atoms with Gasteiger partial charge in [0.05, 0.1) is 18.5 Å². The van der Waals surface area contributed by atoms with Crippen LogP contribution < -0.4 is 10.6 Å². The summed E-state index contributed by atoms with van der Waals surface area (Å²) in [5, 5.41) is 0. The molecular formula is C12H16N2O2. The van der Waals surface area contributed by atoms with E-state index >= 15 is 0 Å². The number of carbonyl (C=O) groups is 1. The average molecular weight is 220 g/mol. The highest BCUT2D eigenvalue weighted by Crippen LogP contribution is 2.34. The van der Waals surface area contributed by atoms with Crippen LogP contribution in [0.2, 0.25) is 0 Å². The van der Waals surface area contributed by atoms with E-state index in [1.807, 2.05) is 24.0 Å². The van der Waals surface area contributed by atoms with Gasteiger partial charge in [-0.15, -0.1) is 0 Å². The Morgan fingerprint density at radius 1 is 1.56 bits per heavy atom. The molecule has 0 aromatic heterocycles. The number of hydrogen-bond acceptors (Lipinski definition) is 4. The standard InChI is InChI=1S/C12H16N2O2/c1-8(12(15)16-2)14-7-6-9-4-3-5-10(13)11(9)14/h3-5,8H,6-7,13H2,1-2H3. The van der Waals surface area contributed by atoms with Gasteiger partial charge in [0, 0.05) is 6.54 Å². The lowest BCUT2D eigenvalue weighted by Gasteiger charge is -2.26. The van der Waals surface area contributed by atoms with E-state index in [0.29, 0.717) is 0 Å². The van der Waals surface area contributed by atoms with Gasteiger partial charge in [0.15, 0.2) is 0 Å². The van der Waals surface area contributed by atoms with Crippen molar-refractivity contribution in [2.75, 3.05) is 24.3 Å². The fourth-order valence-corrected chi connectivity index (χ4v) is 2.20. The van der Waals surface area contributed by atoms with E-state index in [1.165, 1.54) is 12.7 Å². The van der Waals surface area contributed by atoms with Crippen LogP contribution in [0.3, 0.4) is 0 Å². The van der Waals surface area contributed by atoms with Crippen molar-refractivity contribution in [1.29, 1.82) is 0 Å². The molecule has 1 atom stereocenters. The Kier molecular flexibility index (Phi) is 2.73. The number of methoxy groups -OCH3 is 1. The van der Waals surface area contributed by atoms with Crippen LogP contribution in [0.1, 0.15) is 12.5 Å². The average Bonchev–Trinajstić information content (AvgIpc) is 2.72. The number of nitrogen functional groups attached to an aromatic ring is 1. The molecule has 0 radical (unpaired) electrons. The van der Waals surface area contributed by atoms with Crippen LogP contribution in [0, 0.1) is 0 Å². The summed E-state index contributed by atoms with van der Waals surface area (Å²) in [4.78, 5) is 13.5. The Morgan fingerprint density at radius 3 is 3.00 bits per heavy atom. The summed E-state index contributed by atoms with van der Waals surface area (Å²) in [5.41, 5.74) is 8.87. The summed E-state index contributed by atoms with van der Waals surface area (Å²) in [6, 6.07) is 5.58. The largest absolute Gasteiger partial charge is 0.467 e. The highest BCUT2D eigenvalue weighted by atomic mass is 16.5. The first-order chi connectivity index (χ1) is 7.65. The SMILES string of the molecule is COC(=O)C(C)N1CCc2cccc(N)c21. The molecule has 1 aromatic rings. The number of rotatable bonds is 2.